The quantitative estimate of drug-likeness (QED) is 0.167. The van der Waals surface area contributed by atoms with Crippen molar-refractivity contribution in [1.29, 1.82) is 0 Å². The number of carbonyl (C=O) groups excluding carboxylic acids is 1. The summed E-state index contributed by atoms with van der Waals surface area (Å²) in [6, 6.07) is 8.93. The van der Waals surface area contributed by atoms with Gasteiger partial charge in [-0.3, -0.25) is 9.69 Å². The van der Waals surface area contributed by atoms with Gasteiger partial charge in [-0.05, 0) is 136 Å². The van der Waals surface area contributed by atoms with Gasteiger partial charge in [0, 0.05) is 36.2 Å². The van der Waals surface area contributed by atoms with Crippen molar-refractivity contribution in [3.05, 3.63) is 81.9 Å². The van der Waals surface area contributed by atoms with Crippen LogP contribution in [0.3, 0.4) is 0 Å². The van der Waals surface area contributed by atoms with Crippen LogP contribution in [-0.2, 0) is 6.42 Å². The average molecular weight is 694 g/mol. The van der Waals surface area contributed by atoms with Crippen LogP contribution in [0.1, 0.15) is 118 Å². The molecule has 0 aromatic heterocycles. The summed E-state index contributed by atoms with van der Waals surface area (Å²) in [6.07, 6.45) is 8.37. The lowest BCUT2D eigenvalue weighted by atomic mass is 9.45. The molecule has 0 heterocycles. The molecule has 8 heteroatoms. The molecular weight excluding hydrogens is 636 g/mol. The minimum Gasteiger partial charge on any atom is -0.394 e. The summed E-state index contributed by atoms with van der Waals surface area (Å²) in [4.78, 5) is 16.4. The lowest BCUT2D eigenvalue weighted by Crippen LogP contribution is -2.58. The summed E-state index contributed by atoms with van der Waals surface area (Å²) in [5, 5.41) is 44.5. The molecule has 0 saturated heterocycles. The van der Waals surface area contributed by atoms with Crippen LogP contribution >= 0.6 is 0 Å². The van der Waals surface area contributed by atoms with Crippen molar-refractivity contribution in [2.24, 2.45) is 28.6 Å². The van der Waals surface area contributed by atoms with Crippen molar-refractivity contribution < 1.29 is 34.0 Å². The second-order valence-electron chi connectivity index (χ2n) is 17.1. The highest BCUT2D eigenvalue weighted by Crippen LogP contribution is 2.62. The van der Waals surface area contributed by atoms with E-state index >= 15 is 0 Å². The number of fused-ring (bicyclic) bond motifs is 10. The molecule has 0 aliphatic heterocycles. The molecule has 8 rings (SSSR count). The highest BCUT2D eigenvalue weighted by molar-refractivity contribution is 6.10. The van der Waals surface area contributed by atoms with E-state index in [-0.39, 0.29) is 24.6 Å². The molecule has 2 aromatic carbocycles. The third kappa shape index (κ3) is 7.12. The van der Waals surface area contributed by atoms with Gasteiger partial charge in [-0.25, -0.2) is 8.78 Å². The molecule has 4 N–H and O–H groups in total. The van der Waals surface area contributed by atoms with Gasteiger partial charge >= 0.3 is 0 Å². The first kappa shape index (κ1) is 37.3. The first-order valence-corrected chi connectivity index (χ1v) is 18.8. The van der Waals surface area contributed by atoms with Crippen molar-refractivity contribution in [1.82, 2.24) is 4.90 Å². The number of aliphatic hydroxyl groups is 4. The number of halogens is 2. The van der Waals surface area contributed by atoms with Gasteiger partial charge in [-0.2, -0.15) is 0 Å². The maximum absolute atomic E-state index is 14.4. The zero-order valence-electron chi connectivity index (χ0n) is 30.3. The Morgan fingerprint density at radius 3 is 2.50 bits per heavy atom. The van der Waals surface area contributed by atoms with Gasteiger partial charge in [0.15, 0.2) is 17.4 Å². The topological polar surface area (TPSA) is 101 Å². The zero-order valence-corrected chi connectivity index (χ0v) is 30.3. The summed E-state index contributed by atoms with van der Waals surface area (Å²) in [7, 11) is 0. The third-order valence-electron chi connectivity index (χ3n) is 13.8. The van der Waals surface area contributed by atoms with Gasteiger partial charge in [-0.15, -0.1) is 0 Å². The van der Waals surface area contributed by atoms with Crippen molar-refractivity contribution in [2.75, 3.05) is 26.2 Å². The molecular formula is C42H57F2NO5. The number of rotatable bonds is 9. The molecule has 8 atom stereocenters. The van der Waals surface area contributed by atoms with Crippen molar-refractivity contribution >= 4 is 5.78 Å². The van der Waals surface area contributed by atoms with E-state index in [9.17, 15) is 34.0 Å². The van der Waals surface area contributed by atoms with E-state index in [1.165, 1.54) is 24.5 Å². The van der Waals surface area contributed by atoms with Crippen LogP contribution in [0.4, 0.5) is 8.78 Å². The number of benzene rings is 2. The van der Waals surface area contributed by atoms with Crippen LogP contribution in [-0.4, -0.2) is 75.2 Å². The van der Waals surface area contributed by atoms with E-state index in [1.807, 2.05) is 12.1 Å². The Morgan fingerprint density at radius 2 is 1.80 bits per heavy atom. The normalized spacial score (nSPS) is 32.9. The van der Waals surface area contributed by atoms with Crippen molar-refractivity contribution in [2.45, 2.75) is 116 Å². The molecule has 0 amide bonds. The number of hydrogen-bond donors (Lipinski definition) is 4. The van der Waals surface area contributed by atoms with Crippen molar-refractivity contribution in [3.8, 4) is 0 Å². The maximum atomic E-state index is 14.4. The lowest BCUT2D eigenvalue weighted by Gasteiger charge is -2.61. The number of aliphatic hydroxyl groups excluding tert-OH is 3. The Bertz CT molecular complexity index is 1590. The summed E-state index contributed by atoms with van der Waals surface area (Å²) in [5.41, 5.74) is 1.63. The fourth-order valence-corrected chi connectivity index (χ4v) is 10.4. The molecule has 6 nitrogen and oxygen atoms in total. The van der Waals surface area contributed by atoms with E-state index in [0.29, 0.717) is 67.9 Å². The van der Waals surface area contributed by atoms with E-state index in [0.717, 1.165) is 48.6 Å². The standard InChI is InChI=1S/C42H57F2NO5/c1-26-6-5-16-41(4)35(15-17-42(41,50)25-45(23-32(48)24-46)22-29-9-11-30-21-36(29)40(30,2)3)33-13-8-27(18-31(47)12-7-26)19-34(33)39(49)28-10-14-37(43)38(44)20-28/h6,8,10,13-14,19-20,29-32,35-36,46-48,50H,5,7,9,11-12,15-18,21-25H2,1-4H3. The molecule has 2 aromatic rings. The Morgan fingerprint density at radius 1 is 1.02 bits per heavy atom. The number of nitrogens with zero attached hydrogens (tertiary/aromatic N) is 1. The van der Waals surface area contributed by atoms with Crippen LogP contribution in [0, 0.1) is 40.2 Å². The van der Waals surface area contributed by atoms with Gasteiger partial charge < -0.3 is 20.4 Å². The highest BCUT2D eigenvalue weighted by Gasteiger charge is 2.58. The molecule has 6 aliphatic rings. The minimum absolute atomic E-state index is 0.0512. The first-order valence-electron chi connectivity index (χ1n) is 18.8. The minimum atomic E-state index is -1.17. The Labute approximate surface area is 296 Å². The Kier molecular flexibility index (Phi) is 10.8. The van der Waals surface area contributed by atoms with E-state index in [4.69, 9.17) is 0 Å². The molecule has 6 aliphatic carbocycles. The Hall–Kier alpha value is -2.49. The molecule has 0 spiro atoms. The van der Waals surface area contributed by atoms with E-state index < -0.39 is 40.6 Å². The molecule has 50 heavy (non-hydrogen) atoms. The number of allylic oxidation sites excluding steroid dienone is 2. The predicted molar refractivity (Wildman–Crippen MR) is 191 cm³/mol. The highest BCUT2D eigenvalue weighted by atomic mass is 19.2. The van der Waals surface area contributed by atoms with Crippen LogP contribution in [0.5, 0.6) is 0 Å². The van der Waals surface area contributed by atoms with Gasteiger partial charge in [0.2, 0.25) is 0 Å². The second kappa shape index (κ2) is 14.5. The van der Waals surface area contributed by atoms with Gasteiger partial charge in [0.25, 0.3) is 0 Å². The summed E-state index contributed by atoms with van der Waals surface area (Å²) in [6.45, 7) is 9.96. The number of hydrogen-bond acceptors (Lipinski definition) is 6. The largest absolute Gasteiger partial charge is 0.394 e. The fraction of sp³-hybridized carbons (Fsp3) is 0.643. The van der Waals surface area contributed by atoms with E-state index in [2.05, 4.69) is 38.7 Å². The molecule has 4 saturated carbocycles. The predicted octanol–water partition coefficient (Wildman–Crippen LogP) is 6.96. The maximum Gasteiger partial charge on any atom is 0.193 e. The first-order chi connectivity index (χ1) is 23.6. The SMILES string of the molecule is CC1=CCCC2(C)C(CCC2(O)CN(CC(O)CO)CC2CCC3CC2C3(C)C)c2ccc(cc2C(=O)c2ccc(F)c(F)c2)CC(O)CC1. The van der Waals surface area contributed by atoms with Crippen LogP contribution in [0.25, 0.3) is 0 Å². The van der Waals surface area contributed by atoms with E-state index in [1.54, 1.807) is 6.07 Å². The molecule has 4 fully saturated rings. The van der Waals surface area contributed by atoms with Crippen LogP contribution in [0.2, 0.25) is 0 Å². The molecule has 4 bridgehead atoms. The van der Waals surface area contributed by atoms with Gasteiger partial charge in [-0.1, -0.05) is 44.6 Å². The van der Waals surface area contributed by atoms with Crippen LogP contribution < -0.4 is 0 Å². The smallest absolute Gasteiger partial charge is 0.193 e. The third-order valence-corrected chi connectivity index (χ3v) is 13.8. The summed E-state index contributed by atoms with van der Waals surface area (Å²) < 4.78 is 28.3. The average Bonchev–Trinajstić information content (AvgIpc) is 3.33. The monoisotopic (exact) mass is 693 g/mol. The van der Waals surface area contributed by atoms with Gasteiger partial charge in [0.05, 0.1) is 24.4 Å². The summed E-state index contributed by atoms with van der Waals surface area (Å²) in [5.74, 6) is -0.932. The Balaban J connectivity index is 1.39. The number of ketones is 1. The molecule has 274 valence electrons. The van der Waals surface area contributed by atoms with Crippen LogP contribution in [0.15, 0.2) is 48.0 Å². The number of carbonyl (C=O) groups is 1. The fourth-order valence-electron chi connectivity index (χ4n) is 10.4. The van der Waals surface area contributed by atoms with Crippen molar-refractivity contribution in [3.63, 3.8) is 0 Å². The molecule has 0 radical (unpaired) electrons. The van der Waals surface area contributed by atoms with Gasteiger partial charge in [0.1, 0.15) is 0 Å². The second-order valence-corrected chi connectivity index (χ2v) is 17.1. The molecule has 8 unspecified atom stereocenters. The lowest BCUT2D eigenvalue weighted by molar-refractivity contribution is -0.126. The zero-order chi connectivity index (χ0) is 36.0. The summed E-state index contributed by atoms with van der Waals surface area (Å²) >= 11 is 0.